The molecule has 3 heteroatoms. The molecule has 0 radical (unpaired) electrons. The average Bonchev–Trinajstić information content (AvgIpc) is 2.39. The number of hydrogen-bond acceptors (Lipinski definition) is 1. The van der Waals surface area contributed by atoms with Crippen LogP contribution in [0.1, 0.15) is 41.3 Å². The lowest BCUT2D eigenvalue weighted by molar-refractivity contribution is 0.103. The molecule has 0 amide bonds. The first-order valence-corrected chi connectivity index (χ1v) is 6.89. The Labute approximate surface area is 120 Å². The van der Waals surface area contributed by atoms with Crippen molar-refractivity contribution in [2.24, 2.45) is 0 Å². The van der Waals surface area contributed by atoms with Gasteiger partial charge in [-0.1, -0.05) is 60.1 Å². The Morgan fingerprint density at radius 1 is 1.11 bits per heavy atom. The van der Waals surface area contributed by atoms with Crippen molar-refractivity contribution in [3.8, 4) is 0 Å². The first-order valence-electron chi connectivity index (χ1n) is 6.10. The Hall–Kier alpha value is -1.48. The van der Waals surface area contributed by atoms with Crippen LogP contribution < -0.4 is 0 Å². The van der Waals surface area contributed by atoms with Gasteiger partial charge < -0.3 is 0 Å². The van der Waals surface area contributed by atoms with Gasteiger partial charge in [-0.2, -0.15) is 0 Å². The van der Waals surface area contributed by atoms with Crippen molar-refractivity contribution in [2.45, 2.75) is 19.8 Å². The zero-order valence-electron chi connectivity index (χ0n) is 10.8. The van der Waals surface area contributed by atoms with Crippen LogP contribution >= 0.6 is 15.9 Å². The maximum atomic E-state index is 14.5. The Morgan fingerprint density at radius 2 is 1.74 bits per heavy atom. The van der Waals surface area contributed by atoms with E-state index < -0.39 is 5.82 Å². The summed E-state index contributed by atoms with van der Waals surface area (Å²) in [5.74, 6) is -0.705. The van der Waals surface area contributed by atoms with E-state index in [1.54, 1.807) is 30.3 Å². The van der Waals surface area contributed by atoms with Crippen LogP contribution in [0.25, 0.3) is 0 Å². The van der Waals surface area contributed by atoms with Crippen LogP contribution in [0.4, 0.5) is 4.39 Å². The molecular formula is C16H14BrFO. The number of carbonyl (C=O) groups excluding carboxylic acids is 1. The number of ketones is 1. The summed E-state index contributed by atoms with van der Waals surface area (Å²) in [5, 5.41) is 0. The largest absolute Gasteiger partial charge is 0.288 e. The molecule has 0 fully saturated rings. The molecule has 0 aliphatic carbocycles. The van der Waals surface area contributed by atoms with E-state index in [2.05, 4.69) is 15.9 Å². The van der Waals surface area contributed by atoms with Crippen molar-refractivity contribution in [2.75, 3.05) is 0 Å². The molecule has 0 unspecified atom stereocenters. The van der Waals surface area contributed by atoms with Crippen LogP contribution in [0.3, 0.4) is 0 Å². The molecule has 19 heavy (non-hydrogen) atoms. The SMILES string of the molecule is CC(C)c1c(Br)ccc(C(=O)c2ccccc2)c1F. The van der Waals surface area contributed by atoms with Gasteiger partial charge in [0.15, 0.2) is 5.78 Å². The predicted molar refractivity (Wildman–Crippen MR) is 78.1 cm³/mol. The third-order valence-corrected chi connectivity index (χ3v) is 3.68. The molecular weight excluding hydrogens is 307 g/mol. The van der Waals surface area contributed by atoms with E-state index in [0.29, 0.717) is 15.6 Å². The minimum atomic E-state index is -0.432. The zero-order chi connectivity index (χ0) is 14.0. The lowest BCUT2D eigenvalue weighted by Crippen LogP contribution is -2.08. The molecule has 0 saturated heterocycles. The molecule has 0 aliphatic heterocycles. The standard InChI is InChI=1S/C16H14BrFO/c1-10(2)14-13(17)9-8-12(15(14)18)16(19)11-6-4-3-5-7-11/h3-10H,1-2H3. The lowest BCUT2D eigenvalue weighted by atomic mass is 9.96. The molecule has 2 aromatic rings. The van der Waals surface area contributed by atoms with Crippen LogP contribution in [0.2, 0.25) is 0 Å². The molecule has 0 spiro atoms. The fourth-order valence-electron chi connectivity index (χ4n) is 2.02. The molecule has 0 aliphatic rings. The lowest BCUT2D eigenvalue weighted by Gasteiger charge is -2.13. The molecule has 98 valence electrons. The number of carbonyl (C=O) groups is 1. The number of hydrogen-bond donors (Lipinski definition) is 0. The Bertz CT molecular complexity index is 606. The monoisotopic (exact) mass is 320 g/mol. The summed E-state index contributed by atoms with van der Waals surface area (Å²) < 4.78 is 15.2. The van der Waals surface area contributed by atoms with Crippen molar-refractivity contribution in [1.29, 1.82) is 0 Å². The van der Waals surface area contributed by atoms with Gasteiger partial charge in [0.1, 0.15) is 5.82 Å². The zero-order valence-corrected chi connectivity index (χ0v) is 12.4. The van der Waals surface area contributed by atoms with E-state index in [9.17, 15) is 9.18 Å². The molecule has 0 heterocycles. The topological polar surface area (TPSA) is 17.1 Å². The van der Waals surface area contributed by atoms with Gasteiger partial charge in [0.2, 0.25) is 0 Å². The van der Waals surface area contributed by atoms with Gasteiger partial charge in [0, 0.05) is 15.6 Å². The Morgan fingerprint density at radius 3 is 2.32 bits per heavy atom. The summed E-state index contributed by atoms with van der Waals surface area (Å²) >= 11 is 3.34. The van der Waals surface area contributed by atoms with E-state index in [4.69, 9.17) is 0 Å². The van der Waals surface area contributed by atoms with Gasteiger partial charge in [-0.05, 0) is 18.1 Å². The van der Waals surface area contributed by atoms with Crippen molar-refractivity contribution in [1.82, 2.24) is 0 Å². The maximum Gasteiger partial charge on any atom is 0.195 e. The van der Waals surface area contributed by atoms with Crippen molar-refractivity contribution in [3.63, 3.8) is 0 Å². The number of benzene rings is 2. The van der Waals surface area contributed by atoms with E-state index in [1.165, 1.54) is 6.07 Å². The molecule has 0 bridgehead atoms. The van der Waals surface area contributed by atoms with Crippen LogP contribution in [0.5, 0.6) is 0 Å². The Kier molecular flexibility index (Phi) is 4.15. The van der Waals surface area contributed by atoms with Crippen molar-refractivity contribution >= 4 is 21.7 Å². The summed E-state index contributed by atoms with van der Waals surface area (Å²) in [6.45, 7) is 3.81. The van der Waals surface area contributed by atoms with Crippen LogP contribution in [-0.4, -0.2) is 5.78 Å². The number of halogens is 2. The first-order chi connectivity index (χ1) is 9.02. The van der Waals surface area contributed by atoms with Crippen LogP contribution in [-0.2, 0) is 0 Å². The third-order valence-electron chi connectivity index (χ3n) is 2.98. The minimum Gasteiger partial charge on any atom is -0.288 e. The summed E-state index contributed by atoms with van der Waals surface area (Å²) in [6, 6.07) is 12.0. The van der Waals surface area contributed by atoms with Gasteiger partial charge in [0.25, 0.3) is 0 Å². The predicted octanol–water partition coefficient (Wildman–Crippen LogP) is 4.94. The second kappa shape index (κ2) is 5.66. The van der Waals surface area contributed by atoms with Gasteiger partial charge in [-0.15, -0.1) is 0 Å². The van der Waals surface area contributed by atoms with E-state index in [-0.39, 0.29) is 17.3 Å². The molecule has 1 nitrogen and oxygen atoms in total. The molecule has 0 N–H and O–H groups in total. The minimum absolute atomic E-state index is 0.0119. The molecule has 2 rings (SSSR count). The van der Waals surface area contributed by atoms with Gasteiger partial charge in [0.05, 0.1) is 5.56 Å². The van der Waals surface area contributed by atoms with Gasteiger partial charge in [-0.3, -0.25) is 4.79 Å². The van der Waals surface area contributed by atoms with E-state index in [0.717, 1.165) is 0 Å². The van der Waals surface area contributed by atoms with Crippen molar-refractivity contribution < 1.29 is 9.18 Å². The van der Waals surface area contributed by atoms with Crippen molar-refractivity contribution in [3.05, 3.63) is 69.4 Å². The third kappa shape index (κ3) is 2.76. The number of rotatable bonds is 3. The average molecular weight is 321 g/mol. The van der Waals surface area contributed by atoms with Crippen LogP contribution in [0.15, 0.2) is 46.9 Å². The maximum absolute atomic E-state index is 14.5. The molecule has 0 atom stereocenters. The summed E-state index contributed by atoms with van der Waals surface area (Å²) in [6.07, 6.45) is 0. The molecule has 0 saturated carbocycles. The second-order valence-corrected chi connectivity index (χ2v) is 5.53. The highest BCUT2D eigenvalue weighted by atomic mass is 79.9. The fraction of sp³-hybridized carbons (Fsp3) is 0.188. The molecule has 2 aromatic carbocycles. The Balaban J connectivity index is 2.53. The molecule has 0 aromatic heterocycles. The second-order valence-electron chi connectivity index (χ2n) is 4.67. The smallest absolute Gasteiger partial charge is 0.195 e. The first kappa shape index (κ1) is 13.9. The highest BCUT2D eigenvalue weighted by Crippen LogP contribution is 2.30. The fourth-order valence-corrected chi connectivity index (χ4v) is 2.78. The van der Waals surface area contributed by atoms with Crippen LogP contribution in [0, 0.1) is 5.82 Å². The van der Waals surface area contributed by atoms with Gasteiger partial charge >= 0.3 is 0 Å². The summed E-state index contributed by atoms with van der Waals surface area (Å²) in [5.41, 5.74) is 1.17. The quantitative estimate of drug-likeness (QED) is 0.732. The van der Waals surface area contributed by atoms with E-state index >= 15 is 0 Å². The normalized spacial score (nSPS) is 10.8. The summed E-state index contributed by atoms with van der Waals surface area (Å²) in [7, 11) is 0. The summed E-state index contributed by atoms with van der Waals surface area (Å²) in [4.78, 5) is 12.3. The highest BCUT2D eigenvalue weighted by molar-refractivity contribution is 9.10. The van der Waals surface area contributed by atoms with Gasteiger partial charge in [-0.25, -0.2) is 4.39 Å². The van der Waals surface area contributed by atoms with E-state index in [1.807, 2.05) is 19.9 Å². The highest BCUT2D eigenvalue weighted by Gasteiger charge is 2.20.